The molecule has 0 amide bonds. The van der Waals surface area contributed by atoms with Gasteiger partial charge in [-0.05, 0) is 29.8 Å². The SMILES string of the molecule is CC(C)(CCl)Sc1ncc(Br)cn1. The minimum absolute atomic E-state index is 0.0185. The molecule has 0 saturated heterocycles. The van der Waals surface area contributed by atoms with Crippen molar-refractivity contribution in [3.8, 4) is 0 Å². The van der Waals surface area contributed by atoms with Gasteiger partial charge in [0.1, 0.15) is 0 Å². The molecule has 0 radical (unpaired) electrons. The quantitative estimate of drug-likeness (QED) is 0.483. The van der Waals surface area contributed by atoms with Gasteiger partial charge in [0.15, 0.2) is 5.16 Å². The second kappa shape index (κ2) is 4.62. The molecule has 0 bridgehead atoms. The minimum atomic E-state index is -0.0185. The Morgan fingerprint density at radius 3 is 2.46 bits per heavy atom. The van der Waals surface area contributed by atoms with Crippen molar-refractivity contribution in [1.82, 2.24) is 9.97 Å². The van der Waals surface area contributed by atoms with Gasteiger partial charge in [-0.15, -0.1) is 11.6 Å². The molecule has 13 heavy (non-hydrogen) atoms. The van der Waals surface area contributed by atoms with E-state index >= 15 is 0 Å². The maximum absolute atomic E-state index is 5.79. The van der Waals surface area contributed by atoms with Crippen molar-refractivity contribution in [1.29, 1.82) is 0 Å². The molecule has 0 fully saturated rings. The first-order valence-corrected chi connectivity index (χ1v) is 5.90. The fourth-order valence-corrected chi connectivity index (χ4v) is 1.76. The molecule has 0 atom stereocenters. The molecular weight excluding hydrogens is 272 g/mol. The van der Waals surface area contributed by atoms with Crippen LogP contribution in [0.25, 0.3) is 0 Å². The monoisotopic (exact) mass is 280 g/mol. The predicted molar refractivity (Wildman–Crippen MR) is 60.4 cm³/mol. The average molecular weight is 282 g/mol. The van der Waals surface area contributed by atoms with Crippen molar-refractivity contribution in [2.75, 3.05) is 5.88 Å². The molecule has 1 heterocycles. The summed E-state index contributed by atoms with van der Waals surface area (Å²) in [6.07, 6.45) is 3.47. The summed E-state index contributed by atoms with van der Waals surface area (Å²) in [7, 11) is 0. The molecule has 0 spiro atoms. The molecule has 72 valence electrons. The van der Waals surface area contributed by atoms with Gasteiger partial charge in [-0.3, -0.25) is 0 Å². The summed E-state index contributed by atoms with van der Waals surface area (Å²) in [6.45, 7) is 4.13. The second-order valence-electron chi connectivity index (χ2n) is 3.18. The summed E-state index contributed by atoms with van der Waals surface area (Å²) in [5, 5.41) is 0.758. The smallest absolute Gasteiger partial charge is 0.188 e. The van der Waals surface area contributed by atoms with Crippen molar-refractivity contribution in [2.24, 2.45) is 0 Å². The first-order valence-electron chi connectivity index (χ1n) is 3.76. The Kier molecular flexibility index (Phi) is 4.01. The standard InChI is InChI=1S/C8H10BrClN2S/c1-8(2,5-10)13-7-11-3-6(9)4-12-7/h3-4H,5H2,1-2H3. The number of halogens is 2. The van der Waals surface area contributed by atoms with Crippen LogP contribution in [-0.4, -0.2) is 20.6 Å². The highest BCUT2D eigenvalue weighted by Crippen LogP contribution is 2.30. The summed E-state index contributed by atoms with van der Waals surface area (Å²) >= 11 is 10.7. The van der Waals surface area contributed by atoms with Gasteiger partial charge in [-0.2, -0.15) is 0 Å². The summed E-state index contributed by atoms with van der Waals surface area (Å²) in [5.41, 5.74) is 0. The topological polar surface area (TPSA) is 25.8 Å². The lowest BCUT2D eigenvalue weighted by atomic mass is 10.2. The van der Waals surface area contributed by atoms with Crippen molar-refractivity contribution in [3.63, 3.8) is 0 Å². The van der Waals surface area contributed by atoms with Crippen molar-refractivity contribution in [2.45, 2.75) is 23.8 Å². The molecule has 1 aromatic rings. The zero-order chi connectivity index (χ0) is 9.90. The Morgan fingerprint density at radius 1 is 1.46 bits per heavy atom. The average Bonchev–Trinajstić information content (AvgIpc) is 2.09. The Balaban J connectivity index is 2.69. The van der Waals surface area contributed by atoms with E-state index in [0.717, 1.165) is 9.63 Å². The molecule has 0 unspecified atom stereocenters. The third-order valence-electron chi connectivity index (χ3n) is 1.29. The predicted octanol–water partition coefficient (Wildman–Crippen LogP) is 3.35. The normalized spacial score (nSPS) is 11.7. The number of aromatic nitrogens is 2. The molecular formula is C8H10BrClN2S. The van der Waals surface area contributed by atoms with E-state index in [4.69, 9.17) is 11.6 Å². The van der Waals surface area contributed by atoms with Crippen LogP contribution in [0.4, 0.5) is 0 Å². The van der Waals surface area contributed by atoms with Crippen molar-refractivity contribution >= 4 is 39.3 Å². The molecule has 0 saturated carbocycles. The van der Waals surface area contributed by atoms with Gasteiger partial charge in [0.05, 0.1) is 4.47 Å². The van der Waals surface area contributed by atoms with E-state index in [1.807, 2.05) is 0 Å². The van der Waals surface area contributed by atoms with Crippen LogP contribution in [0.2, 0.25) is 0 Å². The Bertz CT molecular complexity index is 276. The molecule has 2 nitrogen and oxygen atoms in total. The van der Waals surface area contributed by atoms with Crippen LogP contribution >= 0.6 is 39.3 Å². The molecule has 0 aliphatic rings. The van der Waals surface area contributed by atoms with E-state index in [1.54, 1.807) is 24.2 Å². The summed E-state index contributed by atoms with van der Waals surface area (Å²) in [6, 6.07) is 0. The second-order valence-corrected chi connectivity index (χ2v) is 6.04. The summed E-state index contributed by atoms with van der Waals surface area (Å²) in [4.78, 5) is 8.32. The molecule has 0 aromatic carbocycles. The lowest BCUT2D eigenvalue weighted by molar-refractivity contribution is 0.798. The fourth-order valence-electron chi connectivity index (χ4n) is 0.628. The molecule has 5 heteroatoms. The first kappa shape index (κ1) is 11.3. The van der Waals surface area contributed by atoms with E-state index in [9.17, 15) is 0 Å². The fraction of sp³-hybridized carbons (Fsp3) is 0.500. The van der Waals surface area contributed by atoms with Gasteiger partial charge >= 0.3 is 0 Å². The highest BCUT2D eigenvalue weighted by Gasteiger charge is 2.19. The van der Waals surface area contributed by atoms with Crippen LogP contribution < -0.4 is 0 Å². The third kappa shape index (κ3) is 3.83. The number of rotatable bonds is 3. The zero-order valence-electron chi connectivity index (χ0n) is 7.42. The maximum Gasteiger partial charge on any atom is 0.188 e. The van der Waals surface area contributed by atoms with Gasteiger partial charge in [0, 0.05) is 23.0 Å². The maximum atomic E-state index is 5.79. The number of hydrogen-bond donors (Lipinski definition) is 0. The summed E-state index contributed by atoms with van der Waals surface area (Å²) in [5.74, 6) is 0.580. The molecule has 1 aromatic heterocycles. The number of nitrogens with zero attached hydrogens (tertiary/aromatic N) is 2. The van der Waals surface area contributed by atoms with Crippen LogP contribution in [0, 0.1) is 0 Å². The summed E-state index contributed by atoms with van der Waals surface area (Å²) < 4.78 is 0.871. The number of alkyl halides is 1. The van der Waals surface area contributed by atoms with Crippen LogP contribution in [-0.2, 0) is 0 Å². The Labute approximate surface area is 95.6 Å². The van der Waals surface area contributed by atoms with Gasteiger partial charge < -0.3 is 0 Å². The first-order chi connectivity index (χ1) is 6.03. The molecule has 0 aliphatic carbocycles. The Morgan fingerprint density at radius 2 is 2.00 bits per heavy atom. The highest BCUT2D eigenvalue weighted by atomic mass is 79.9. The highest BCUT2D eigenvalue weighted by molar-refractivity contribution is 9.10. The van der Waals surface area contributed by atoms with Gasteiger partial charge in [0.25, 0.3) is 0 Å². The lowest BCUT2D eigenvalue weighted by Crippen LogP contribution is -2.16. The van der Waals surface area contributed by atoms with Gasteiger partial charge in [-0.1, -0.05) is 11.8 Å². The Hall–Kier alpha value is 0.200. The molecule has 1 rings (SSSR count). The van der Waals surface area contributed by atoms with Crippen LogP contribution in [0.1, 0.15) is 13.8 Å². The zero-order valence-corrected chi connectivity index (χ0v) is 10.6. The van der Waals surface area contributed by atoms with E-state index < -0.39 is 0 Å². The third-order valence-corrected chi connectivity index (χ3v) is 3.61. The van der Waals surface area contributed by atoms with Crippen LogP contribution in [0.3, 0.4) is 0 Å². The van der Waals surface area contributed by atoms with Crippen LogP contribution in [0.5, 0.6) is 0 Å². The van der Waals surface area contributed by atoms with Crippen LogP contribution in [0.15, 0.2) is 22.0 Å². The van der Waals surface area contributed by atoms with E-state index in [-0.39, 0.29) is 4.75 Å². The minimum Gasteiger partial charge on any atom is -0.230 e. The van der Waals surface area contributed by atoms with Gasteiger partial charge in [0.2, 0.25) is 0 Å². The number of hydrogen-bond acceptors (Lipinski definition) is 3. The van der Waals surface area contributed by atoms with E-state index in [1.165, 1.54) is 0 Å². The van der Waals surface area contributed by atoms with Gasteiger partial charge in [-0.25, -0.2) is 9.97 Å². The lowest BCUT2D eigenvalue weighted by Gasteiger charge is -2.18. The molecule has 0 N–H and O–H groups in total. The largest absolute Gasteiger partial charge is 0.230 e. The van der Waals surface area contributed by atoms with E-state index in [2.05, 4.69) is 39.7 Å². The molecule has 0 aliphatic heterocycles. The van der Waals surface area contributed by atoms with E-state index in [0.29, 0.717) is 5.88 Å². The van der Waals surface area contributed by atoms with Crippen molar-refractivity contribution in [3.05, 3.63) is 16.9 Å². The van der Waals surface area contributed by atoms with Crippen molar-refractivity contribution < 1.29 is 0 Å². The number of thioether (sulfide) groups is 1.